The van der Waals surface area contributed by atoms with Gasteiger partial charge in [-0.25, -0.2) is 9.67 Å². The molecule has 0 spiro atoms. The third-order valence-electron chi connectivity index (χ3n) is 3.77. The van der Waals surface area contributed by atoms with Gasteiger partial charge in [0, 0.05) is 11.6 Å². The Bertz CT molecular complexity index is 1100. The van der Waals surface area contributed by atoms with Crippen molar-refractivity contribution in [2.24, 2.45) is 0 Å². The van der Waals surface area contributed by atoms with E-state index in [1.165, 1.54) is 17.4 Å². The molecule has 4 rings (SSSR count). The van der Waals surface area contributed by atoms with Crippen molar-refractivity contribution in [1.82, 2.24) is 14.8 Å². The fourth-order valence-corrected chi connectivity index (χ4v) is 3.43. The Balaban J connectivity index is 1.54. The van der Waals surface area contributed by atoms with Gasteiger partial charge in [-0.3, -0.25) is 9.59 Å². The molecule has 4 aromatic rings. The Hall–Kier alpha value is -3.32. The zero-order valence-electron chi connectivity index (χ0n) is 13.6. The maximum absolute atomic E-state index is 12.3. The molecular formula is C19H14N4O2S. The third kappa shape index (κ3) is 3.38. The number of carbonyl (C=O) groups excluding carboxylic acids is 1. The summed E-state index contributed by atoms with van der Waals surface area (Å²) in [4.78, 5) is 28.7. The summed E-state index contributed by atoms with van der Waals surface area (Å²) in [5.74, 6) is -0.344. The van der Waals surface area contributed by atoms with Crippen molar-refractivity contribution in [2.45, 2.75) is 6.54 Å². The van der Waals surface area contributed by atoms with E-state index in [0.717, 1.165) is 20.5 Å². The minimum Gasteiger partial charge on any atom is -0.300 e. The zero-order chi connectivity index (χ0) is 17.9. The normalized spacial score (nSPS) is 10.8. The van der Waals surface area contributed by atoms with E-state index >= 15 is 0 Å². The predicted octanol–water partition coefficient (Wildman–Crippen LogP) is 3.16. The van der Waals surface area contributed by atoms with Crippen LogP contribution in [0.1, 0.15) is 0 Å². The number of aromatic nitrogens is 3. The standard InChI is InChI=1S/C19H14N4O2S/c24-17(21-19-20-15-8-4-5-9-16(15)26-19)12-23-18(25)11-10-14(22-23)13-6-2-1-3-7-13/h1-11H,12H2,(H,20,21,24). The van der Waals surface area contributed by atoms with Crippen molar-refractivity contribution in [3.8, 4) is 11.3 Å². The minimum absolute atomic E-state index is 0.171. The predicted molar refractivity (Wildman–Crippen MR) is 102 cm³/mol. The van der Waals surface area contributed by atoms with Gasteiger partial charge in [-0.1, -0.05) is 53.8 Å². The molecule has 128 valence electrons. The van der Waals surface area contributed by atoms with Gasteiger partial charge in [-0.05, 0) is 18.2 Å². The summed E-state index contributed by atoms with van der Waals surface area (Å²) in [6.07, 6.45) is 0. The van der Waals surface area contributed by atoms with Crippen LogP contribution >= 0.6 is 11.3 Å². The second-order valence-corrected chi connectivity index (χ2v) is 6.65. The van der Waals surface area contributed by atoms with Crippen LogP contribution in [0.3, 0.4) is 0 Å². The lowest BCUT2D eigenvalue weighted by Crippen LogP contribution is -2.29. The van der Waals surface area contributed by atoms with Crippen LogP contribution in [0.5, 0.6) is 0 Å². The van der Waals surface area contributed by atoms with Gasteiger partial charge in [0.25, 0.3) is 5.56 Å². The summed E-state index contributed by atoms with van der Waals surface area (Å²) in [6.45, 7) is -0.171. The SMILES string of the molecule is O=C(Cn1nc(-c2ccccc2)ccc1=O)Nc1nc2ccccc2s1. The van der Waals surface area contributed by atoms with Crippen LogP contribution in [0.25, 0.3) is 21.5 Å². The smallest absolute Gasteiger partial charge is 0.267 e. The number of benzene rings is 2. The van der Waals surface area contributed by atoms with E-state index in [-0.39, 0.29) is 18.0 Å². The lowest BCUT2D eigenvalue weighted by molar-refractivity contribution is -0.117. The molecule has 0 radical (unpaired) electrons. The van der Waals surface area contributed by atoms with Crippen molar-refractivity contribution in [3.63, 3.8) is 0 Å². The second kappa shape index (κ2) is 6.89. The summed E-state index contributed by atoms with van der Waals surface area (Å²) in [5, 5.41) is 7.53. The molecule has 0 saturated heterocycles. The highest BCUT2D eigenvalue weighted by Crippen LogP contribution is 2.25. The second-order valence-electron chi connectivity index (χ2n) is 5.62. The maximum atomic E-state index is 12.3. The third-order valence-corrected chi connectivity index (χ3v) is 4.72. The van der Waals surface area contributed by atoms with Crippen LogP contribution in [-0.4, -0.2) is 20.7 Å². The van der Waals surface area contributed by atoms with Crippen LogP contribution in [0.15, 0.2) is 71.5 Å². The van der Waals surface area contributed by atoms with Crippen LogP contribution in [0.2, 0.25) is 0 Å². The molecule has 0 aliphatic heterocycles. The lowest BCUT2D eigenvalue weighted by atomic mass is 10.1. The van der Waals surface area contributed by atoms with Crippen LogP contribution in [0.4, 0.5) is 5.13 Å². The first-order chi connectivity index (χ1) is 12.7. The van der Waals surface area contributed by atoms with E-state index in [2.05, 4.69) is 15.4 Å². The number of rotatable bonds is 4. The molecule has 0 fully saturated rings. The molecule has 0 bridgehead atoms. The van der Waals surface area contributed by atoms with Gasteiger partial charge >= 0.3 is 0 Å². The average molecular weight is 362 g/mol. The maximum Gasteiger partial charge on any atom is 0.267 e. The van der Waals surface area contributed by atoms with E-state index in [9.17, 15) is 9.59 Å². The number of amides is 1. The highest BCUT2D eigenvalue weighted by molar-refractivity contribution is 7.22. The van der Waals surface area contributed by atoms with E-state index in [4.69, 9.17) is 0 Å². The number of fused-ring (bicyclic) bond motifs is 1. The quantitative estimate of drug-likeness (QED) is 0.605. The van der Waals surface area contributed by atoms with Crippen LogP contribution in [-0.2, 0) is 11.3 Å². The minimum atomic E-state index is -0.344. The number of thiazole rings is 1. The Labute approximate surface area is 152 Å². The number of para-hydroxylation sites is 1. The first-order valence-electron chi connectivity index (χ1n) is 7.98. The highest BCUT2D eigenvalue weighted by atomic mass is 32.1. The summed E-state index contributed by atoms with van der Waals surface area (Å²) in [5.41, 5.74) is 2.02. The molecule has 0 saturated carbocycles. The number of hydrogen-bond donors (Lipinski definition) is 1. The molecule has 6 nitrogen and oxygen atoms in total. The summed E-state index contributed by atoms with van der Waals surface area (Å²) >= 11 is 1.39. The molecule has 0 aliphatic carbocycles. The summed E-state index contributed by atoms with van der Waals surface area (Å²) in [6, 6.07) is 20.2. The number of hydrogen-bond acceptors (Lipinski definition) is 5. The molecule has 0 aliphatic rings. The van der Waals surface area contributed by atoms with Crippen molar-refractivity contribution in [2.75, 3.05) is 5.32 Å². The molecule has 1 amide bonds. The topological polar surface area (TPSA) is 76.9 Å². The summed E-state index contributed by atoms with van der Waals surface area (Å²) < 4.78 is 2.15. The fraction of sp³-hybridized carbons (Fsp3) is 0.0526. The van der Waals surface area contributed by atoms with Crippen molar-refractivity contribution >= 4 is 32.6 Å². The van der Waals surface area contributed by atoms with E-state index in [0.29, 0.717) is 10.8 Å². The first-order valence-corrected chi connectivity index (χ1v) is 8.80. The van der Waals surface area contributed by atoms with Crippen molar-refractivity contribution in [3.05, 3.63) is 77.1 Å². The zero-order valence-corrected chi connectivity index (χ0v) is 14.4. The number of carbonyl (C=O) groups is 1. The van der Waals surface area contributed by atoms with E-state index in [1.54, 1.807) is 6.07 Å². The highest BCUT2D eigenvalue weighted by Gasteiger charge is 2.11. The Morgan fingerprint density at radius 1 is 1.00 bits per heavy atom. The van der Waals surface area contributed by atoms with Gasteiger partial charge < -0.3 is 5.32 Å². The lowest BCUT2D eigenvalue weighted by Gasteiger charge is -2.07. The molecule has 2 aromatic carbocycles. The fourth-order valence-electron chi connectivity index (χ4n) is 2.55. The molecule has 0 unspecified atom stereocenters. The molecule has 0 atom stereocenters. The van der Waals surface area contributed by atoms with Crippen molar-refractivity contribution < 1.29 is 4.79 Å². The molecule has 7 heteroatoms. The monoisotopic (exact) mass is 362 g/mol. The van der Waals surface area contributed by atoms with E-state index < -0.39 is 0 Å². The first kappa shape index (κ1) is 16.2. The summed E-state index contributed by atoms with van der Waals surface area (Å²) in [7, 11) is 0. The van der Waals surface area contributed by atoms with Gasteiger partial charge in [-0.15, -0.1) is 0 Å². The molecule has 26 heavy (non-hydrogen) atoms. The van der Waals surface area contributed by atoms with Gasteiger partial charge in [0.15, 0.2) is 5.13 Å². The van der Waals surface area contributed by atoms with Gasteiger partial charge in [0.2, 0.25) is 5.91 Å². The largest absolute Gasteiger partial charge is 0.300 e. The molecule has 1 N–H and O–H groups in total. The van der Waals surface area contributed by atoms with Gasteiger partial charge in [0.05, 0.1) is 15.9 Å². The van der Waals surface area contributed by atoms with Crippen LogP contribution < -0.4 is 10.9 Å². The Morgan fingerprint density at radius 3 is 2.58 bits per heavy atom. The number of anilines is 1. The average Bonchev–Trinajstić information content (AvgIpc) is 3.06. The van der Waals surface area contributed by atoms with Gasteiger partial charge in [-0.2, -0.15) is 5.10 Å². The molecular weight excluding hydrogens is 348 g/mol. The Morgan fingerprint density at radius 2 is 1.77 bits per heavy atom. The van der Waals surface area contributed by atoms with Crippen LogP contribution in [0, 0.1) is 0 Å². The molecule has 2 aromatic heterocycles. The number of nitrogens with one attached hydrogen (secondary N) is 1. The molecule has 2 heterocycles. The van der Waals surface area contributed by atoms with Crippen molar-refractivity contribution in [1.29, 1.82) is 0 Å². The van der Waals surface area contributed by atoms with Gasteiger partial charge in [0.1, 0.15) is 6.54 Å². The van der Waals surface area contributed by atoms with E-state index in [1.807, 2.05) is 54.6 Å². The number of nitrogens with zero attached hydrogens (tertiary/aromatic N) is 3. The Kier molecular flexibility index (Phi) is 4.28.